The minimum absolute atomic E-state index is 0.0715. The number of anilines is 1. The van der Waals surface area contributed by atoms with Gasteiger partial charge >= 0.3 is 17.9 Å². The number of tetrazole rings is 1. The largest absolute Gasteiger partial charge is 0.481 e. The molecule has 18 heteroatoms. The molecule has 40 heavy (non-hydrogen) atoms. The first-order valence-corrected chi connectivity index (χ1v) is 13.6. The number of carboxylic acids is 3. The van der Waals surface area contributed by atoms with E-state index in [9.17, 15) is 34.2 Å². The lowest BCUT2D eigenvalue weighted by Gasteiger charge is -2.50. The molecular formula is C22H24N8O8S2. The van der Waals surface area contributed by atoms with Gasteiger partial charge in [0.1, 0.15) is 17.1 Å². The fourth-order valence-electron chi connectivity index (χ4n) is 4.15. The molecule has 3 heterocycles. The van der Waals surface area contributed by atoms with Gasteiger partial charge in [0.15, 0.2) is 6.17 Å². The minimum atomic E-state index is -1.34. The van der Waals surface area contributed by atoms with Gasteiger partial charge in [-0.25, -0.2) is 9.59 Å². The highest BCUT2D eigenvalue weighted by atomic mass is 32.2. The van der Waals surface area contributed by atoms with Crippen LogP contribution >= 0.6 is 23.5 Å². The smallest absolute Gasteiger partial charge is 0.352 e. The highest BCUT2D eigenvalue weighted by Crippen LogP contribution is 2.44. The Labute approximate surface area is 234 Å². The monoisotopic (exact) mass is 592 g/mol. The quantitative estimate of drug-likeness (QED) is 0.0861. The van der Waals surface area contributed by atoms with Crippen LogP contribution in [0.5, 0.6) is 0 Å². The average molecular weight is 593 g/mol. The van der Waals surface area contributed by atoms with Gasteiger partial charge in [0, 0.05) is 23.1 Å². The molecule has 8 N–H and O–H groups in total. The SMILES string of the molecule is NC(Nc1ccc(CC(=O)NC2C(=O)N3C(C(=O)O)=C(C(CCC(=O)O)Sc4nn[nH]n4)CS[C@@H]23)cc1)C(=O)O. The number of benzene rings is 1. The summed E-state index contributed by atoms with van der Waals surface area (Å²) in [5.74, 6) is -4.49. The molecule has 0 bridgehead atoms. The summed E-state index contributed by atoms with van der Waals surface area (Å²) in [5, 5.41) is 45.7. The first-order chi connectivity index (χ1) is 19.0. The molecule has 1 aromatic carbocycles. The maximum Gasteiger partial charge on any atom is 0.352 e. The maximum atomic E-state index is 13.0. The van der Waals surface area contributed by atoms with Crippen LogP contribution in [0.1, 0.15) is 18.4 Å². The predicted octanol–water partition coefficient (Wildman–Crippen LogP) is -0.712. The van der Waals surface area contributed by atoms with E-state index in [1.54, 1.807) is 24.3 Å². The van der Waals surface area contributed by atoms with Crippen molar-refractivity contribution in [2.75, 3.05) is 11.1 Å². The number of thioether (sulfide) groups is 2. The van der Waals surface area contributed by atoms with Gasteiger partial charge in [0.25, 0.3) is 5.91 Å². The van der Waals surface area contributed by atoms with Gasteiger partial charge in [-0.2, -0.15) is 5.21 Å². The van der Waals surface area contributed by atoms with E-state index in [1.807, 2.05) is 0 Å². The Balaban J connectivity index is 1.44. The van der Waals surface area contributed by atoms with Gasteiger partial charge in [-0.05, 0) is 34.9 Å². The summed E-state index contributed by atoms with van der Waals surface area (Å²) in [4.78, 5) is 61.2. The first kappa shape index (κ1) is 28.8. The van der Waals surface area contributed by atoms with Crippen LogP contribution in [0.3, 0.4) is 0 Å². The third-order valence-corrected chi connectivity index (χ3v) is 8.50. The second kappa shape index (κ2) is 12.3. The van der Waals surface area contributed by atoms with Crippen LogP contribution in [0, 0.1) is 0 Å². The van der Waals surface area contributed by atoms with E-state index >= 15 is 0 Å². The standard InChI is InChI=1S/C22H24N8O8S2/c23-17(21(37)38)24-10-3-1-9(2-4-10)7-13(31)25-15-18(34)30-16(20(35)36)11(8-39-19(15)30)12(5-6-14(32)33)40-22-26-28-29-27-22/h1-4,12,15,17,19,24H,5-8,23H2,(H,25,31)(H,32,33)(H,35,36)(H,37,38)(H,26,27,28,29)/t12?,15?,17?,19-/m0/s1. The Morgan fingerprint density at radius 1 is 1.20 bits per heavy atom. The number of hydrogen-bond acceptors (Lipinski definition) is 12. The lowest BCUT2D eigenvalue weighted by Crippen LogP contribution is -2.70. The number of rotatable bonds is 13. The Hall–Kier alpha value is -4.16. The fraction of sp³-hybridized carbons (Fsp3) is 0.364. The van der Waals surface area contributed by atoms with Crippen molar-refractivity contribution in [3.05, 3.63) is 41.1 Å². The summed E-state index contributed by atoms with van der Waals surface area (Å²) in [5.41, 5.74) is 6.60. The molecule has 4 atom stereocenters. The number of aliphatic carboxylic acids is 3. The number of fused-ring (bicyclic) bond motifs is 1. The summed E-state index contributed by atoms with van der Waals surface area (Å²) >= 11 is 2.31. The summed E-state index contributed by atoms with van der Waals surface area (Å²) in [6.07, 6.45) is -1.52. The number of hydrogen-bond donors (Lipinski definition) is 7. The van der Waals surface area contributed by atoms with Crippen molar-refractivity contribution >= 4 is 58.9 Å². The van der Waals surface area contributed by atoms with Crippen LogP contribution in [0.15, 0.2) is 40.7 Å². The second-order valence-electron chi connectivity index (χ2n) is 8.70. The van der Waals surface area contributed by atoms with Crippen molar-refractivity contribution in [3.8, 4) is 0 Å². The number of H-pyrrole nitrogens is 1. The van der Waals surface area contributed by atoms with Crippen LogP contribution in [0.25, 0.3) is 0 Å². The third kappa shape index (κ3) is 6.52. The molecule has 2 aliphatic heterocycles. The maximum absolute atomic E-state index is 13.0. The van der Waals surface area contributed by atoms with Crippen molar-refractivity contribution in [2.24, 2.45) is 5.73 Å². The van der Waals surface area contributed by atoms with Gasteiger partial charge < -0.3 is 31.7 Å². The molecule has 2 aliphatic rings. The van der Waals surface area contributed by atoms with Crippen molar-refractivity contribution in [3.63, 3.8) is 0 Å². The first-order valence-electron chi connectivity index (χ1n) is 11.7. The zero-order chi connectivity index (χ0) is 29.0. The number of nitrogens with one attached hydrogen (secondary N) is 3. The summed E-state index contributed by atoms with van der Waals surface area (Å²) in [6, 6.07) is 5.41. The van der Waals surface area contributed by atoms with Crippen molar-refractivity contribution in [2.45, 2.75) is 47.3 Å². The van der Waals surface area contributed by atoms with Gasteiger partial charge in [-0.3, -0.25) is 19.3 Å². The molecule has 0 saturated carbocycles. The van der Waals surface area contributed by atoms with Crippen LogP contribution in [0.4, 0.5) is 5.69 Å². The number of β-lactam (4-membered cyclic amide) rings is 1. The number of aromatic amines is 1. The van der Waals surface area contributed by atoms with Gasteiger partial charge in [-0.1, -0.05) is 23.9 Å². The highest BCUT2D eigenvalue weighted by Gasteiger charge is 2.54. The lowest BCUT2D eigenvalue weighted by molar-refractivity contribution is -0.150. The number of amides is 2. The van der Waals surface area contributed by atoms with Crippen LogP contribution < -0.4 is 16.4 Å². The number of nitrogens with two attached hydrogens (primary N) is 1. The number of nitrogens with zero attached hydrogens (tertiary/aromatic N) is 4. The van der Waals surface area contributed by atoms with Crippen LogP contribution in [-0.4, -0.2) is 99.2 Å². The lowest BCUT2D eigenvalue weighted by atomic mass is 9.99. The Kier molecular flexibility index (Phi) is 8.90. The topological polar surface area (TPSA) is 254 Å². The summed E-state index contributed by atoms with van der Waals surface area (Å²) < 4.78 is 0. The van der Waals surface area contributed by atoms with E-state index in [2.05, 4.69) is 31.3 Å². The molecule has 0 aliphatic carbocycles. The molecule has 2 aromatic rings. The van der Waals surface area contributed by atoms with E-state index in [0.717, 1.165) is 16.7 Å². The number of aromatic nitrogens is 4. The second-order valence-corrected chi connectivity index (χ2v) is 11.0. The number of carbonyl (C=O) groups excluding carboxylic acids is 2. The molecule has 2 amide bonds. The molecule has 0 radical (unpaired) electrons. The number of carboxylic acid groups (broad SMARTS) is 3. The van der Waals surface area contributed by atoms with Crippen molar-refractivity contribution in [1.82, 2.24) is 30.8 Å². The Morgan fingerprint density at radius 2 is 1.93 bits per heavy atom. The van der Waals surface area contributed by atoms with Crippen molar-refractivity contribution < 1.29 is 39.3 Å². The van der Waals surface area contributed by atoms with Crippen LogP contribution in [0.2, 0.25) is 0 Å². The summed E-state index contributed by atoms with van der Waals surface area (Å²) in [6.45, 7) is 0. The molecule has 212 valence electrons. The van der Waals surface area contributed by atoms with Gasteiger partial charge in [-0.15, -0.1) is 22.0 Å². The molecule has 16 nitrogen and oxygen atoms in total. The molecule has 3 unspecified atom stereocenters. The predicted molar refractivity (Wildman–Crippen MR) is 140 cm³/mol. The summed E-state index contributed by atoms with van der Waals surface area (Å²) in [7, 11) is 0. The molecule has 0 spiro atoms. The van der Waals surface area contributed by atoms with E-state index in [1.165, 1.54) is 11.8 Å². The van der Waals surface area contributed by atoms with E-state index in [-0.39, 0.29) is 35.9 Å². The fourth-order valence-corrected chi connectivity index (χ4v) is 6.69. The van der Waals surface area contributed by atoms with E-state index in [0.29, 0.717) is 16.8 Å². The van der Waals surface area contributed by atoms with Crippen LogP contribution in [-0.2, 0) is 30.4 Å². The van der Waals surface area contributed by atoms with Gasteiger partial charge in [0.05, 0.1) is 6.42 Å². The zero-order valence-electron chi connectivity index (χ0n) is 20.5. The Morgan fingerprint density at radius 3 is 2.52 bits per heavy atom. The normalized spacial score (nSPS) is 19.7. The van der Waals surface area contributed by atoms with E-state index < -0.39 is 52.6 Å². The molecule has 1 aromatic heterocycles. The van der Waals surface area contributed by atoms with E-state index in [4.69, 9.17) is 10.8 Å². The number of carbonyl (C=O) groups is 5. The molecule has 1 saturated heterocycles. The molecule has 4 rings (SSSR count). The van der Waals surface area contributed by atoms with Crippen molar-refractivity contribution in [1.29, 1.82) is 0 Å². The zero-order valence-corrected chi connectivity index (χ0v) is 22.1. The molecule has 1 fully saturated rings. The highest BCUT2D eigenvalue weighted by molar-refractivity contribution is 8.01. The van der Waals surface area contributed by atoms with Gasteiger partial charge in [0.2, 0.25) is 11.1 Å². The minimum Gasteiger partial charge on any atom is -0.481 e. The average Bonchev–Trinajstić information content (AvgIpc) is 3.43. The molecular weight excluding hydrogens is 568 g/mol. The Bertz CT molecular complexity index is 1340. The third-order valence-electron chi connectivity index (χ3n) is 6.01.